The Morgan fingerprint density at radius 3 is 3.06 bits per heavy atom. The SMILES string of the molecule is NC(CC1CCCO1)c1cccc2cccnc12. The van der Waals surface area contributed by atoms with Crippen molar-refractivity contribution in [2.24, 2.45) is 5.73 Å². The molecule has 0 spiro atoms. The van der Waals surface area contributed by atoms with Crippen molar-refractivity contribution in [3.63, 3.8) is 0 Å². The van der Waals surface area contributed by atoms with E-state index in [1.807, 2.05) is 12.3 Å². The van der Waals surface area contributed by atoms with Crippen molar-refractivity contribution in [1.82, 2.24) is 4.98 Å². The van der Waals surface area contributed by atoms with Gasteiger partial charge < -0.3 is 10.5 Å². The molecule has 2 heterocycles. The first kappa shape index (κ1) is 11.6. The largest absolute Gasteiger partial charge is 0.378 e. The molecule has 1 aliphatic rings. The van der Waals surface area contributed by atoms with E-state index in [0.717, 1.165) is 42.3 Å². The summed E-state index contributed by atoms with van der Waals surface area (Å²) < 4.78 is 5.66. The summed E-state index contributed by atoms with van der Waals surface area (Å²) in [5.74, 6) is 0. The van der Waals surface area contributed by atoms with Crippen LogP contribution < -0.4 is 5.73 Å². The van der Waals surface area contributed by atoms with Crippen molar-refractivity contribution < 1.29 is 4.74 Å². The lowest BCUT2D eigenvalue weighted by atomic mass is 9.98. The zero-order valence-corrected chi connectivity index (χ0v) is 10.4. The average Bonchev–Trinajstić information content (AvgIpc) is 2.91. The quantitative estimate of drug-likeness (QED) is 0.900. The van der Waals surface area contributed by atoms with Gasteiger partial charge in [-0.2, -0.15) is 0 Å². The van der Waals surface area contributed by atoms with Crippen LogP contribution in [0.4, 0.5) is 0 Å². The van der Waals surface area contributed by atoms with Crippen LogP contribution in [0.15, 0.2) is 36.5 Å². The highest BCUT2D eigenvalue weighted by atomic mass is 16.5. The van der Waals surface area contributed by atoms with Crippen LogP contribution in [0, 0.1) is 0 Å². The van der Waals surface area contributed by atoms with Crippen molar-refractivity contribution >= 4 is 10.9 Å². The highest BCUT2D eigenvalue weighted by Gasteiger charge is 2.20. The molecule has 1 aromatic carbocycles. The van der Waals surface area contributed by atoms with Gasteiger partial charge in [-0.15, -0.1) is 0 Å². The van der Waals surface area contributed by atoms with Crippen molar-refractivity contribution in [2.45, 2.75) is 31.4 Å². The Balaban J connectivity index is 1.88. The Morgan fingerprint density at radius 1 is 1.33 bits per heavy atom. The molecular weight excluding hydrogens is 224 g/mol. The molecule has 3 nitrogen and oxygen atoms in total. The summed E-state index contributed by atoms with van der Waals surface area (Å²) in [7, 11) is 0. The van der Waals surface area contributed by atoms with Crippen molar-refractivity contribution in [2.75, 3.05) is 6.61 Å². The maximum Gasteiger partial charge on any atom is 0.0749 e. The van der Waals surface area contributed by atoms with Gasteiger partial charge >= 0.3 is 0 Å². The number of ether oxygens (including phenoxy) is 1. The standard InChI is InChI=1S/C15H18N2O/c16-14(10-12-6-3-9-18-12)13-7-1-4-11-5-2-8-17-15(11)13/h1-2,4-5,7-8,12,14H,3,6,9-10,16H2. The topological polar surface area (TPSA) is 48.1 Å². The van der Waals surface area contributed by atoms with E-state index in [9.17, 15) is 0 Å². The van der Waals surface area contributed by atoms with E-state index in [2.05, 4.69) is 29.2 Å². The minimum atomic E-state index is 0.00620. The summed E-state index contributed by atoms with van der Waals surface area (Å²) in [5.41, 5.74) is 8.47. The number of aromatic nitrogens is 1. The first-order valence-electron chi connectivity index (χ1n) is 6.55. The Hall–Kier alpha value is -1.45. The van der Waals surface area contributed by atoms with Crippen LogP contribution in [0.2, 0.25) is 0 Å². The van der Waals surface area contributed by atoms with Crippen LogP contribution in [-0.4, -0.2) is 17.7 Å². The van der Waals surface area contributed by atoms with Gasteiger partial charge in [-0.1, -0.05) is 24.3 Å². The maximum atomic E-state index is 6.32. The van der Waals surface area contributed by atoms with E-state index in [-0.39, 0.29) is 6.04 Å². The summed E-state index contributed by atoms with van der Waals surface area (Å²) >= 11 is 0. The molecule has 1 fully saturated rings. The number of pyridine rings is 1. The summed E-state index contributed by atoms with van der Waals surface area (Å²) in [5, 5.41) is 1.15. The summed E-state index contributed by atoms with van der Waals surface area (Å²) in [4.78, 5) is 4.46. The third-order valence-electron chi connectivity index (χ3n) is 3.60. The third-order valence-corrected chi connectivity index (χ3v) is 3.60. The van der Waals surface area contributed by atoms with Gasteiger partial charge in [0.2, 0.25) is 0 Å². The molecule has 18 heavy (non-hydrogen) atoms. The van der Waals surface area contributed by atoms with Crippen LogP contribution in [0.3, 0.4) is 0 Å². The molecule has 1 aliphatic heterocycles. The normalized spacial score (nSPS) is 21.3. The van der Waals surface area contributed by atoms with Gasteiger partial charge in [-0.25, -0.2) is 0 Å². The van der Waals surface area contributed by atoms with E-state index < -0.39 is 0 Å². The molecule has 3 heteroatoms. The van der Waals surface area contributed by atoms with Gasteiger partial charge in [0, 0.05) is 24.2 Å². The van der Waals surface area contributed by atoms with Gasteiger partial charge in [-0.05, 0) is 30.9 Å². The van der Waals surface area contributed by atoms with Crippen LogP contribution in [0.1, 0.15) is 30.9 Å². The second kappa shape index (κ2) is 5.04. The molecule has 1 aromatic heterocycles. The van der Waals surface area contributed by atoms with Crippen LogP contribution >= 0.6 is 0 Å². The average molecular weight is 242 g/mol. The maximum absolute atomic E-state index is 6.32. The number of hydrogen-bond acceptors (Lipinski definition) is 3. The lowest BCUT2D eigenvalue weighted by molar-refractivity contribution is 0.0984. The lowest BCUT2D eigenvalue weighted by Gasteiger charge is -2.17. The molecule has 2 N–H and O–H groups in total. The third kappa shape index (κ3) is 2.24. The smallest absolute Gasteiger partial charge is 0.0749 e. The first-order valence-corrected chi connectivity index (χ1v) is 6.55. The molecule has 0 aliphatic carbocycles. The Morgan fingerprint density at radius 2 is 2.22 bits per heavy atom. The highest BCUT2D eigenvalue weighted by molar-refractivity contribution is 5.81. The van der Waals surface area contributed by atoms with Crippen LogP contribution in [-0.2, 0) is 4.74 Å². The molecule has 2 aromatic rings. The number of nitrogens with zero attached hydrogens (tertiary/aromatic N) is 1. The fraction of sp³-hybridized carbons (Fsp3) is 0.400. The van der Waals surface area contributed by atoms with Crippen LogP contribution in [0.25, 0.3) is 10.9 Å². The summed E-state index contributed by atoms with van der Waals surface area (Å²) in [6.45, 7) is 0.880. The Labute approximate surface area is 107 Å². The first-order chi connectivity index (χ1) is 8.84. The van der Waals surface area contributed by atoms with Crippen molar-refractivity contribution in [3.05, 3.63) is 42.1 Å². The number of nitrogens with two attached hydrogens (primary N) is 1. The molecule has 3 rings (SSSR count). The van der Waals surface area contributed by atoms with E-state index in [1.54, 1.807) is 0 Å². The van der Waals surface area contributed by atoms with Gasteiger partial charge in [0.15, 0.2) is 0 Å². The second-order valence-electron chi connectivity index (χ2n) is 4.90. The molecule has 2 unspecified atom stereocenters. The molecule has 0 bridgehead atoms. The number of para-hydroxylation sites is 1. The van der Waals surface area contributed by atoms with E-state index >= 15 is 0 Å². The van der Waals surface area contributed by atoms with Crippen molar-refractivity contribution in [3.8, 4) is 0 Å². The lowest BCUT2D eigenvalue weighted by Crippen LogP contribution is -2.18. The van der Waals surface area contributed by atoms with Gasteiger partial charge in [0.05, 0.1) is 11.6 Å². The fourth-order valence-electron chi connectivity index (χ4n) is 2.67. The van der Waals surface area contributed by atoms with Gasteiger partial charge in [0.25, 0.3) is 0 Å². The minimum Gasteiger partial charge on any atom is -0.378 e. The molecule has 1 saturated heterocycles. The number of benzene rings is 1. The van der Waals surface area contributed by atoms with Crippen molar-refractivity contribution in [1.29, 1.82) is 0 Å². The Bertz CT molecular complexity index is 530. The van der Waals surface area contributed by atoms with Crippen LogP contribution in [0.5, 0.6) is 0 Å². The summed E-state index contributed by atoms with van der Waals surface area (Å²) in [6, 6.07) is 10.2. The molecule has 94 valence electrons. The Kier molecular flexibility index (Phi) is 3.26. The van der Waals surface area contributed by atoms with E-state index in [4.69, 9.17) is 10.5 Å². The monoisotopic (exact) mass is 242 g/mol. The second-order valence-corrected chi connectivity index (χ2v) is 4.90. The zero-order chi connectivity index (χ0) is 12.4. The molecule has 0 amide bonds. The predicted molar refractivity (Wildman–Crippen MR) is 72.3 cm³/mol. The number of hydrogen-bond donors (Lipinski definition) is 1. The van der Waals surface area contributed by atoms with E-state index in [0.29, 0.717) is 6.10 Å². The van der Waals surface area contributed by atoms with Gasteiger partial charge in [-0.3, -0.25) is 4.98 Å². The molecule has 2 atom stereocenters. The van der Waals surface area contributed by atoms with Gasteiger partial charge in [0.1, 0.15) is 0 Å². The number of rotatable bonds is 3. The number of fused-ring (bicyclic) bond motifs is 1. The molecular formula is C15H18N2O. The zero-order valence-electron chi connectivity index (χ0n) is 10.4. The van der Waals surface area contributed by atoms with E-state index in [1.165, 1.54) is 0 Å². The summed E-state index contributed by atoms with van der Waals surface area (Å²) in [6.07, 6.45) is 5.32. The minimum absolute atomic E-state index is 0.00620. The highest BCUT2D eigenvalue weighted by Crippen LogP contribution is 2.27. The fourth-order valence-corrected chi connectivity index (χ4v) is 2.67. The molecule has 0 radical (unpaired) electrons. The molecule has 0 saturated carbocycles. The predicted octanol–water partition coefficient (Wildman–Crippen LogP) is 2.80.